The molecule has 7 heteroatoms. The van der Waals surface area contributed by atoms with Crippen LogP contribution < -0.4 is 0 Å². The largest absolute Gasteiger partial charge is 0.340 e. The molecule has 0 N–H and O–H groups in total. The average molecular weight is 357 g/mol. The second-order valence-corrected chi connectivity index (χ2v) is 8.88. The van der Waals surface area contributed by atoms with Crippen LogP contribution in [0, 0.1) is 0 Å². The van der Waals surface area contributed by atoms with Crippen LogP contribution in [0.1, 0.15) is 12.0 Å². The van der Waals surface area contributed by atoms with E-state index in [-0.39, 0.29) is 17.7 Å². The van der Waals surface area contributed by atoms with Crippen molar-refractivity contribution in [1.29, 1.82) is 0 Å². The molecule has 2 fully saturated rings. The number of carbonyl (C=O) groups excluding carboxylic acids is 1. The third-order valence-electron chi connectivity index (χ3n) is 4.69. The highest BCUT2D eigenvalue weighted by molar-refractivity contribution is 7.91. The van der Waals surface area contributed by atoms with Crippen LogP contribution in [0.2, 0.25) is 5.02 Å². The maximum absolute atomic E-state index is 12.4. The molecule has 0 bridgehead atoms. The summed E-state index contributed by atoms with van der Waals surface area (Å²) in [6.07, 6.45) is 1.04. The van der Waals surface area contributed by atoms with E-state index in [9.17, 15) is 13.2 Å². The Morgan fingerprint density at radius 2 is 1.87 bits per heavy atom. The minimum Gasteiger partial charge on any atom is -0.340 e. The van der Waals surface area contributed by atoms with Gasteiger partial charge in [0.15, 0.2) is 9.84 Å². The van der Waals surface area contributed by atoms with Gasteiger partial charge in [-0.2, -0.15) is 0 Å². The van der Waals surface area contributed by atoms with Gasteiger partial charge in [-0.15, -0.1) is 0 Å². The van der Waals surface area contributed by atoms with Crippen molar-refractivity contribution in [2.45, 2.75) is 18.9 Å². The normalized spacial score (nSPS) is 24.7. The van der Waals surface area contributed by atoms with Gasteiger partial charge in [0.2, 0.25) is 5.91 Å². The Kier molecular flexibility index (Phi) is 4.94. The summed E-state index contributed by atoms with van der Waals surface area (Å²) in [4.78, 5) is 16.5. The summed E-state index contributed by atoms with van der Waals surface area (Å²) in [6.45, 7) is 2.79. The van der Waals surface area contributed by atoms with Gasteiger partial charge in [0.1, 0.15) is 0 Å². The number of rotatable bonds is 3. The molecule has 23 heavy (non-hydrogen) atoms. The van der Waals surface area contributed by atoms with Crippen molar-refractivity contribution < 1.29 is 13.2 Å². The van der Waals surface area contributed by atoms with Crippen LogP contribution in [-0.4, -0.2) is 67.9 Å². The molecule has 0 radical (unpaired) electrons. The highest BCUT2D eigenvalue weighted by Crippen LogP contribution is 2.20. The smallest absolute Gasteiger partial charge is 0.227 e. The van der Waals surface area contributed by atoms with Crippen molar-refractivity contribution in [1.82, 2.24) is 9.80 Å². The van der Waals surface area contributed by atoms with Crippen LogP contribution in [0.5, 0.6) is 0 Å². The lowest BCUT2D eigenvalue weighted by Gasteiger charge is -2.37. The van der Waals surface area contributed by atoms with Gasteiger partial charge in [-0.1, -0.05) is 29.8 Å². The minimum absolute atomic E-state index is 0.0804. The van der Waals surface area contributed by atoms with E-state index in [2.05, 4.69) is 4.90 Å². The summed E-state index contributed by atoms with van der Waals surface area (Å²) in [5.41, 5.74) is 0.850. The number of carbonyl (C=O) groups is 1. The van der Waals surface area contributed by atoms with Gasteiger partial charge in [-0.3, -0.25) is 9.69 Å². The molecule has 2 saturated heterocycles. The monoisotopic (exact) mass is 356 g/mol. The van der Waals surface area contributed by atoms with Crippen LogP contribution >= 0.6 is 11.6 Å². The van der Waals surface area contributed by atoms with Gasteiger partial charge >= 0.3 is 0 Å². The fourth-order valence-electron chi connectivity index (χ4n) is 3.32. The van der Waals surface area contributed by atoms with Crippen molar-refractivity contribution in [3.8, 4) is 0 Å². The number of hydrogen-bond acceptors (Lipinski definition) is 4. The van der Waals surface area contributed by atoms with Crippen LogP contribution in [-0.2, 0) is 21.1 Å². The van der Waals surface area contributed by atoms with Gasteiger partial charge in [0.05, 0.1) is 17.9 Å². The van der Waals surface area contributed by atoms with E-state index in [1.807, 2.05) is 23.1 Å². The Morgan fingerprint density at radius 3 is 2.48 bits per heavy atom. The molecule has 1 unspecified atom stereocenters. The van der Waals surface area contributed by atoms with Gasteiger partial charge in [-0.25, -0.2) is 8.42 Å². The van der Waals surface area contributed by atoms with E-state index in [4.69, 9.17) is 11.6 Å². The molecule has 2 heterocycles. The lowest BCUT2D eigenvalue weighted by Crippen LogP contribution is -2.52. The van der Waals surface area contributed by atoms with Gasteiger partial charge < -0.3 is 4.90 Å². The molecule has 126 valence electrons. The Morgan fingerprint density at radius 1 is 1.17 bits per heavy atom. The number of nitrogens with zero attached hydrogens (tertiary/aromatic N) is 2. The maximum atomic E-state index is 12.4. The zero-order chi connectivity index (χ0) is 16.4. The third-order valence-corrected chi connectivity index (χ3v) is 6.81. The number of sulfone groups is 1. The molecular formula is C16H21ClN2O3S. The summed E-state index contributed by atoms with van der Waals surface area (Å²) >= 11 is 6.11. The van der Waals surface area contributed by atoms with E-state index in [0.29, 0.717) is 30.3 Å². The highest BCUT2D eigenvalue weighted by Gasteiger charge is 2.34. The minimum atomic E-state index is -2.86. The van der Waals surface area contributed by atoms with Gasteiger partial charge in [-0.05, 0) is 18.1 Å². The third kappa shape index (κ3) is 4.05. The fourth-order valence-corrected chi connectivity index (χ4v) is 5.28. The molecule has 1 atom stereocenters. The molecule has 0 aliphatic carbocycles. The molecule has 2 aliphatic heterocycles. The Bertz CT molecular complexity index is 684. The summed E-state index contributed by atoms with van der Waals surface area (Å²) in [7, 11) is -2.86. The number of halogens is 1. The second-order valence-electron chi connectivity index (χ2n) is 6.24. The second kappa shape index (κ2) is 6.79. The van der Waals surface area contributed by atoms with Crippen LogP contribution in [0.3, 0.4) is 0 Å². The molecule has 1 aromatic rings. The molecule has 1 amide bonds. The number of amides is 1. The zero-order valence-electron chi connectivity index (χ0n) is 12.9. The van der Waals surface area contributed by atoms with E-state index in [1.165, 1.54) is 0 Å². The number of piperazine rings is 1. The molecule has 0 spiro atoms. The summed E-state index contributed by atoms with van der Waals surface area (Å²) in [5.74, 6) is 0.640. The zero-order valence-corrected chi connectivity index (χ0v) is 14.5. The van der Waals surface area contributed by atoms with Crippen molar-refractivity contribution >= 4 is 27.3 Å². The lowest BCUT2D eigenvalue weighted by atomic mass is 10.1. The Balaban J connectivity index is 1.53. The Hall–Kier alpha value is -1.11. The quantitative estimate of drug-likeness (QED) is 0.817. The topological polar surface area (TPSA) is 57.7 Å². The van der Waals surface area contributed by atoms with Crippen molar-refractivity contribution in [3.05, 3.63) is 34.9 Å². The van der Waals surface area contributed by atoms with Crippen molar-refractivity contribution in [2.24, 2.45) is 0 Å². The molecule has 1 aromatic carbocycles. The average Bonchev–Trinajstić information content (AvgIpc) is 2.90. The highest BCUT2D eigenvalue weighted by atomic mass is 35.5. The van der Waals surface area contributed by atoms with E-state index in [1.54, 1.807) is 6.07 Å². The first kappa shape index (κ1) is 16.7. The first-order chi connectivity index (χ1) is 10.9. The van der Waals surface area contributed by atoms with Crippen LogP contribution in [0.25, 0.3) is 0 Å². The fraction of sp³-hybridized carbons (Fsp3) is 0.562. The molecule has 3 rings (SSSR count). The van der Waals surface area contributed by atoms with E-state index >= 15 is 0 Å². The van der Waals surface area contributed by atoms with Gasteiger partial charge in [0, 0.05) is 37.2 Å². The van der Waals surface area contributed by atoms with E-state index < -0.39 is 9.84 Å². The number of benzene rings is 1. The molecule has 5 nitrogen and oxygen atoms in total. The summed E-state index contributed by atoms with van der Waals surface area (Å²) in [6, 6.07) is 7.53. The van der Waals surface area contributed by atoms with E-state index in [0.717, 1.165) is 25.1 Å². The predicted octanol–water partition coefficient (Wildman–Crippen LogP) is 1.21. The predicted molar refractivity (Wildman–Crippen MR) is 90.4 cm³/mol. The Labute approximate surface area is 142 Å². The van der Waals surface area contributed by atoms with Crippen molar-refractivity contribution in [3.63, 3.8) is 0 Å². The molecule has 2 aliphatic rings. The van der Waals surface area contributed by atoms with Crippen LogP contribution in [0.15, 0.2) is 24.3 Å². The summed E-state index contributed by atoms with van der Waals surface area (Å²) in [5, 5.41) is 0.621. The summed E-state index contributed by atoms with van der Waals surface area (Å²) < 4.78 is 23.2. The number of hydrogen-bond donors (Lipinski definition) is 0. The first-order valence-corrected chi connectivity index (χ1v) is 10.1. The SMILES string of the molecule is O=C(Cc1ccccc1Cl)N1CCN(C2CCS(=O)(=O)C2)CC1. The van der Waals surface area contributed by atoms with Crippen molar-refractivity contribution in [2.75, 3.05) is 37.7 Å². The van der Waals surface area contributed by atoms with Gasteiger partial charge in [0.25, 0.3) is 0 Å². The van der Waals surface area contributed by atoms with Crippen LogP contribution in [0.4, 0.5) is 0 Å². The standard InChI is InChI=1S/C16H21ClN2O3S/c17-15-4-2-1-3-13(15)11-16(20)19-8-6-18(7-9-19)14-5-10-23(21,22)12-14/h1-4,14H,5-12H2. The lowest BCUT2D eigenvalue weighted by molar-refractivity contribution is -0.132. The molecular weight excluding hydrogens is 336 g/mol. The maximum Gasteiger partial charge on any atom is 0.227 e. The first-order valence-electron chi connectivity index (χ1n) is 7.90. The molecule has 0 aromatic heterocycles. The molecule has 0 saturated carbocycles.